The van der Waals surface area contributed by atoms with Gasteiger partial charge in [0.15, 0.2) is 23.3 Å². The van der Waals surface area contributed by atoms with Crippen molar-refractivity contribution in [1.29, 1.82) is 0 Å². The van der Waals surface area contributed by atoms with Gasteiger partial charge in [0.1, 0.15) is 11.2 Å². The number of hydrogen-bond donors (Lipinski definition) is 0. The number of furan rings is 1. The molecule has 71 heavy (non-hydrogen) atoms. The van der Waals surface area contributed by atoms with Crippen molar-refractivity contribution in [3.05, 3.63) is 249 Å². The zero-order valence-corrected chi connectivity index (χ0v) is 38.3. The minimum atomic E-state index is 0.563. The third-order valence-electron chi connectivity index (χ3n) is 13.1. The molecule has 0 saturated heterocycles. The molecule has 0 bridgehead atoms. The Labute approximate surface area is 410 Å². The quantitative estimate of drug-likeness (QED) is 0.144. The molecule has 10 aromatic carbocycles. The summed E-state index contributed by atoms with van der Waals surface area (Å²) < 4.78 is 6.48. The van der Waals surface area contributed by atoms with E-state index in [1.807, 2.05) is 54.6 Å². The summed E-state index contributed by atoms with van der Waals surface area (Å²) in [7, 11) is 0. The summed E-state index contributed by atoms with van der Waals surface area (Å²) in [6.45, 7) is 0. The van der Waals surface area contributed by atoms with Gasteiger partial charge in [-0.25, -0.2) is 24.9 Å². The molecule has 13 aromatic rings. The fourth-order valence-electron chi connectivity index (χ4n) is 9.48. The van der Waals surface area contributed by atoms with Crippen LogP contribution in [-0.2, 0) is 0 Å². The van der Waals surface area contributed by atoms with Crippen molar-refractivity contribution in [2.45, 2.75) is 0 Å². The van der Waals surface area contributed by atoms with Gasteiger partial charge >= 0.3 is 0 Å². The molecule has 0 amide bonds. The molecule has 0 aliphatic carbocycles. The lowest BCUT2D eigenvalue weighted by molar-refractivity contribution is 0.669. The molecule has 6 nitrogen and oxygen atoms in total. The lowest BCUT2D eigenvalue weighted by Crippen LogP contribution is -2.00. The fourth-order valence-corrected chi connectivity index (χ4v) is 9.48. The number of aromatic nitrogens is 5. The maximum Gasteiger partial charge on any atom is 0.164 e. The van der Waals surface area contributed by atoms with E-state index in [4.69, 9.17) is 29.3 Å². The zero-order chi connectivity index (χ0) is 47.1. The Hall–Kier alpha value is -9.65. The van der Waals surface area contributed by atoms with Crippen LogP contribution in [0.25, 0.3) is 134 Å². The Balaban J connectivity index is 0.901. The van der Waals surface area contributed by atoms with Gasteiger partial charge in [0.05, 0.1) is 11.4 Å². The zero-order valence-electron chi connectivity index (χ0n) is 38.3. The van der Waals surface area contributed by atoms with Gasteiger partial charge in [-0.3, -0.25) is 0 Å². The van der Waals surface area contributed by atoms with Crippen LogP contribution in [0.15, 0.2) is 253 Å². The van der Waals surface area contributed by atoms with Gasteiger partial charge in [-0.05, 0) is 105 Å². The molecule has 0 aliphatic heterocycles. The average Bonchev–Trinajstić information content (AvgIpc) is 3.81. The highest BCUT2D eigenvalue weighted by atomic mass is 16.3. The summed E-state index contributed by atoms with van der Waals surface area (Å²) in [5, 5.41) is 4.44. The summed E-state index contributed by atoms with van der Waals surface area (Å²) in [5.41, 5.74) is 15.4. The van der Waals surface area contributed by atoms with Crippen LogP contribution in [-0.4, -0.2) is 24.9 Å². The molecule has 0 radical (unpaired) electrons. The molecule has 13 rings (SSSR count). The van der Waals surface area contributed by atoms with Crippen LogP contribution < -0.4 is 0 Å². The molecule has 0 aliphatic rings. The van der Waals surface area contributed by atoms with Gasteiger partial charge in [-0.2, -0.15) is 0 Å². The number of hydrogen-bond acceptors (Lipinski definition) is 6. The highest BCUT2D eigenvalue weighted by molar-refractivity contribution is 6.10. The predicted octanol–water partition coefficient (Wildman–Crippen LogP) is 16.7. The van der Waals surface area contributed by atoms with Crippen molar-refractivity contribution in [3.8, 4) is 101 Å². The molecule has 0 unspecified atom stereocenters. The molecule has 0 saturated carbocycles. The second-order valence-corrected chi connectivity index (χ2v) is 17.7. The van der Waals surface area contributed by atoms with E-state index in [-0.39, 0.29) is 0 Å². The van der Waals surface area contributed by atoms with Crippen LogP contribution in [0.3, 0.4) is 0 Å². The van der Waals surface area contributed by atoms with E-state index in [0.29, 0.717) is 23.3 Å². The molecule has 0 N–H and O–H groups in total. The monoisotopic (exact) mass is 907 g/mol. The first kappa shape index (κ1) is 41.5. The first-order chi connectivity index (χ1) is 35.1. The van der Waals surface area contributed by atoms with Crippen molar-refractivity contribution in [2.75, 3.05) is 0 Å². The minimum Gasteiger partial charge on any atom is -0.456 e. The summed E-state index contributed by atoms with van der Waals surface area (Å²) in [6.07, 6.45) is 0. The van der Waals surface area contributed by atoms with Gasteiger partial charge in [-0.1, -0.05) is 188 Å². The Kier molecular flexibility index (Phi) is 10.4. The number of nitrogens with zero attached hydrogens (tertiary/aromatic N) is 5. The fraction of sp³-hybridized carbons (Fsp3) is 0. The van der Waals surface area contributed by atoms with Crippen molar-refractivity contribution < 1.29 is 4.42 Å². The summed E-state index contributed by atoms with van der Waals surface area (Å²) >= 11 is 0. The van der Waals surface area contributed by atoms with Crippen LogP contribution in [0.4, 0.5) is 0 Å². The topological polar surface area (TPSA) is 77.6 Å². The Morgan fingerprint density at radius 3 is 1.20 bits per heavy atom. The van der Waals surface area contributed by atoms with E-state index in [1.165, 1.54) is 5.39 Å². The lowest BCUT2D eigenvalue weighted by atomic mass is 9.94. The Morgan fingerprint density at radius 2 is 0.606 bits per heavy atom. The summed E-state index contributed by atoms with van der Waals surface area (Å²) in [5.74, 6) is 2.38. The van der Waals surface area contributed by atoms with Gasteiger partial charge < -0.3 is 4.42 Å². The normalized spacial score (nSPS) is 11.4. The molecular formula is C65H41N5O. The molecular weight excluding hydrogens is 867 g/mol. The summed E-state index contributed by atoms with van der Waals surface area (Å²) in [4.78, 5) is 25.8. The van der Waals surface area contributed by atoms with Crippen LogP contribution in [0.2, 0.25) is 0 Å². The molecule has 0 spiro atoms. The Morgan fingerprint density at radius 1 is 0.211 bits per heavy atom. The predicted molar refractivity (Wildman–Crippen MR) is 289 cm³/mol. The second-order valence-electron chi connectivity index (χ2n) is 17.7. The van der Waals surface area contributed by atoms with Gasteiger partial charge in [-0.15, -0.1) is 0 Å². The van der Waals surface area contributed by atoms with E-state index in [0.717, 1.165) is 105 Å². The van der Waals surface area contributed by atoms with E-state index in [9.17, 15) is 0 Å². The standard InChI is InChI=1S/C65H41N5O/c1-5-17-42(18-6-1)53-35-54(43-19-7-2-8-20-43)37-55(36-53)59-41-58(66-62(67-59)44-21-9-3-10-22-44)50-29-15-27-46(33-50)47-28-16-30-51(34-47)64-68-63(45-23-11-4-12-24-45)69-65(70-64)52-31-32-56-57-38-48-25-13-14-26-49(48)39-61(57)71-60(56)40-52/h1-41H. The number of fused-ring (bicyclic) bond motifs is 4. The largest absolute Gasteiger partial charge is 0.456 e. The van der Waals surface area contributed by atoms with Crippen molar-refractivity contribution in [2.24, 2.45) is 0 Å². The first-order valence-electron chi connectivity index (χ1n) is 23.7. The van der Waals surface area contributed by atoms with Crippen molar-refractivity contribution >= 4 is 32.7 Å². The van der Waals surface area contributed by atoms with E-state index < -0.39 is 0 Å². The highest BCUT2D eigenvalue weighted by Gasteiger charge is 2.18. The van der Waals surface area contributed by atoms with Crippen LogP contribution >= 0.6 is 0 Å². The molecule has 332 valence electrons. The Bertz CT molecular complexity index is 4040. The molecule has 6 heteroatoms. The molecule has 3 aromatic heterocycles. The van der Waals surface area contributed by atoms with Crippen LogP contribution in [0.1, 0.15) is 0 Å². The third-order valence-corrected chi connectivity index (χ3v) is 13.1. The number of rotatable bonds is 9. The number of benzene rings is 10. The van der Waals surface area contributed by atoms with Crippen LogP contribution in [0, 0.1) is 0 Å². The molecule has 3 heterocycles. The van der Waals surface area contributed by atoms with Gasteiger partial charge in [0, 0.05) is 44.2 Å². The van der Waals surface area contributed by atoms with Gasteiger partial charge in [0.25, 0.3) is 0 Å². The second kappa shape index (κ2) is 17.8. The van der Waals surface area contributed by atoms with E-state index >= 15 is 0 Å². The van der Waals surface area contributed by atoms with Crippen molar-refractivity contribution in [1.82, 2.24) is 24.9 Å². The lowest BCUT2D eigenvalue weighted by Gasteiger charge is -2.14. The average molecular weight is 908 g/mol. The van der Waals surface area contributed by atoms with E-state index in [1.54, 1.807) is 0 Å². The molecule has 0 atom stereocenters. The van der Waals surface area contributed by atoms with Crippen LogP contribution in [0.5, 0.6) is 0 Å². The smallest absolute Gasteiger partial charge is 0.164 e. The van der Waals surface area contributed by atoms with E-state index in [2.05, 4.69) is 194 Å². The first-order valence-corrected chi connectivity index (χ1v) is 23.7. The minimum absolute atomic E-state index is 0.563. The molecule has 0 fully saturated rings. The maximum atomic E-state index is 6.48. The van der Waals surface area contributed by atoms with Gasteiger partial charge in [0.2, 0.25) is 0 Å². The maximum absolute atomic E-state index is 6.48. The summed E-state index contributed by atoms with van der Waals surface area (Å²) in [6, 6.07) is 86.0. The highest BCUT2D eigenvalue weighted by Crippen LogP contribution is 2.38. The SMILES string of the molecule is c1ccc(-c2cc(-c3ccccc3)cc(-c3cc(-c4cccc(-c5cccc(-c6nc(-c7ccccc7)nc(-c7ccc8c(c7)oc7cc9ccccc9cc78)n6)c5)c4)nc(-c4ccccc4)n3)c2)cc1. The van der Waals surface area contributed by atoms with Crippen molar-refractivity contribution in [3.63, 3.8) is 0 Å². The third kappa shape index (κ3) is 8.19.